The van der Waals surface area contributed by atoms with Crippen molar-refractivity contribution in [2.75, 3.05) is 13.7 Å². The van der Waals surface area contributed by atoms with Gasteiger partial charge in [-0.1, -0.05) is 12.1 Å². The molecule has 2 aromatic rings. The van der Waals surface area contributed by atoms with Gasteiger partial charge in [-0.15, -0.1) is 5.10 Å². The van der Waals surface area contributed by atoms with Crippen molar-refractivity contribution in [2.24, 2.45) is 7.05 Å². The number of tetrazole rings is 1. The molecule has 0 aliphatic carbocycles. The second-order valence-corrected chi connectivity index (χ2v) is 6.22. The first-order valence-corrected chi connectivity index (χ1v) is 7.84. The van der Waals surface area contributed by atoms with Gasteiger partial charge < -0.3 is 9.84 Å². The molecule has 1 aromatic heterocycles. The van der Waals surface area contributed by atoms with Crippen molar-refractivity contribution in [3.63, 3.8) is 0 Å². The first-order valence-electron chi connectivity index (χ1n) is 7.84. The van der Waals surface area contributed by atoms with Gasteiger partial charge in [0.15, 0.2) is 5.82 Å². The van der Waals surface area contributed by atoms with Gasteiger partial charge in [-0.2, -0.15) is 0 Å². The predicted molar refractivity (Wildman–Crippen MR) is 84.8 cm³/mol. The highest BCUT2D eigenvalue weighted by atomic mass is 16.5. The molecule has 1 N–H and O–H groups in total. The average molecular weight is 317 g/mol. The molecule has 0 bridgehead atoms. The molecular weight excluding hydrogens is 294 g/mol. The highest BCUT2D eigenvalue weighted by Gasteiger charge is 2.40. The molecule has 3 rings (SSSR count). The smallest absolute Gasteiger partial charge is 0.164 e. The number of ether oxygens (including phenoxy) is 1. The van der Waals surface area contributed by atoms with E-state index in [0.29, 0.717) is 6.54 Å². The Morgan fingerprint density at radius 2 is 2.09 bits per heavy atom. The van der Waals surface area contributed by atoms with Crippen LogP contribution in [0.15, 0.2) is 24.3 Å². The fourth-order valence-corrected chi connectivity index (χ4v) is 3.34. The maximum absolute atomic E-state index is 11.2. The van der Waals surface area contributed by atoms with Gasteiger partial charge in [0.05, 0.1) is 13.7 Å². The number of hydrogen-bond donors (Lipinski definition) is 1. The summed E-state index contributed by atoms with van der Waals surface area (Å²) in [5.74, 6) is 1.60. The summed E-state index contributed by atoms with van der Waals surface area (Å²) in [5.41, 5.74) is -0.0410. The molecular formula is C16H23N5O2. The molecule has 23 heavy (non-hydrogen) atoms. The summed E-state index contributed by atoms with van der Waals surface area (Å²) >= 11 is 0. The summed E-state index contributed by atoms with van der Waals surface area (Å²) in [6.07, 6.45) is 2.01. The molecule has 2 atom stereocenters. The standard InChI is InChI=1S/C16H23N5O2/c1-16(22,12-6-8-13(23-3)9-7-12)14-5-4-10-21(14)11-15-17-18-19-20(15)2/h6-9,14,22H,4-5,10-11H2,1-3H3/t14-,16-/m0/s1. The predicted octanol–water partition coefficient (Wildman–Crippen LogP) is 1.09. The third-order valence-corrected chi connectivity index (χ3v) is 4.74. The number of benzene rings is 1. The number of aryl methyl sites for hydroxylation is 1. The van der Waals surface area contributed by atoms with Crippen molar-refractivity contribution in [1.29, 1.82) is 0 Å². The van der Waals surface area contributed by atoms with Crippen molar-refractivity contribution in [3.05, 3.63) is 35.7 Å². The van der Waals surface area contributed by atoms with E-state index in [1.807, 2.05) is 38.2 Å². The van der Waals surface area contributed by atoms with Crippen LogP contribution >= 0.6 is 0 Å². The maximum Gasteiger partial charge on any atom is 0.164 e. The molecule has 0 saturated carbocycles. The average Bonchev–Trinajstić information content (AvgIpc) is 3.18. The van der Waals surface area contributed by atoms with E-state index in [-0.39, 0.29) is 6.04 Å². The van der Waals surface area contributed by atoms with Crippen LogP contribution in [-0.4, -0.2) is 49.9 Å². The van der Waals surface area contributed by atoms with E-state index in [9.17, 15) is 5.11 Å². The van der Waals surface area contributed by atoms with Gasteiger partial charge in [-0.05, 0) is 54.4 Å². The molecule has 1 aromatic carbocycles. The number of hydrogen-bond acceptors (Lipinski definition) is 6. The highest BCUT2D eigenvalue weighted by Crippen LogP contribution is 2.35. The van der Waals surface area contributed by atoms with E-state index in [1.54, 1.807) is 11.8 Å². The zero-order valence-electron chi connectivity index (χ0n) is 13.8. The molecule has 1 saturated heterocycles. The monoisotopic (exact) mass is 317 g/mol. The van der Waals surface area contributed by atoms with E-state index in [0.717, 1.165) is 36.5 Å². The molecule has 124 valence electrons. The molecule has 2 heterocycles. The fraction of sp³-hybridized carbons (Fsp3) is 0.562. The van der Waals surface area contributed by atoms with Crippen LogP contribution in [0.5, 0.6) is 5.75 Å². The van der Waals surface area contributed by atoms with Crippen LogP contribution in [0.3, 0.4) is 0 Å². The Morgan fingerprint density at radius 3 is 2.70 bits per heavy atom. The Balaban J connectivity index is 1.80. The minimum Gasteiger partial charge on any atom is -0.497 e. The van der Waals surface area contributed by atoms with E-state index in [2.05, 4.69) is 20.4 Å². The summed E-state index contributed by atoms with van der Waals surface area (Å²) in [6, 6.07) is 7.66. The minimum absolute atomic E-state index is 0.0348. The second kappa shape index (κ2) is 6.25. The van der Waals surface area contributed by atoms with E-state index in [4.69, 9.17) is 4.74 Å². The first-order chi connectivity index (χ1) is 11.0. The van der Waals surface area contributed by atoms with Gasteiger partial charge in [0.1, 0.15) is 11.4 Å². The van der Waals surface area contributed by atoms with Crippen molar-refractivity contribution < 1.29 is 9.84 Å². The molecule has 7 nitrogen and oxygen atoms in total. The Bertz CT molecular complexity index is 653. The summed E-state index contributed by atoms with van der Waals surface area (Å²) in [4.78, 5) is 2.26. The third-order valence-electron chi connectivity index (χ3n) is 4.74. The molecule has 0 amide bonds. The van der Waals surface area contributed by atoms with Crippen molar-refractivity contribution in [2.45, 2.75) is 38.0 Å². The highest BCUT2D eigenvalue weighted by molar-refractivity contribution is 5.31. The molecule has 1 fully saturated rings. The van der Waals surface area contributed by atoms with Crippen molar-refractivity contribution in [1.82, 2.24) is 25.1 Å². The topological polar surface area (TPSA) is 76.3 Å². The zero-order chi connectivity index (χ0) is 16.4. The minimum atomic E-state index is -0.936. The van der Waals surface area contributed by atoms with E-state index in [1.165, 1.54) is 0 Å². The van der Waals surface area contributed by atoms with Gasteiger partial charge in [0, 0.05) is 13.1 Å². The lowest BCUT2D eigenvalue weighted by atomic mass is 9.86. The number of aliphatic hydroxyl groups is 1. The summed E-state index contributed by atoms with van der Waals surface area (Å²) in [7, 11) is 3.48. The van der Waals surface area contributed by atoms with Gasteiger partial charge in [-0.3, -0.25) is 4.90 Å². The first kappa shape index (κ1) is 15.9. The Hall–Kier alpha value is -1.99. The Labute approximate surface area is 135 Å². The van der Waals surface area contributed by atoms with Crippen LogP contribution in [0, 0.1) is 0 Å². The molecule has 1 aliphatic rings. The van der Waals surface area contributed by atoms with Crippen molar-refractivity contribution in [3.8, 4) is 5.75 Å². The summed E-state index contributed by atoms with van der Waals surface area (Å²) in [6.45, 7) is 3.46. The summed E-state index contributed by atoms with van der Waals surface area (Å²) in [5, 5.41) is 22.8. The number of nitrogens with zero attached hydrogens (tertiary/aromatic N) is 5. The zero-order valence-corrected chi connectivity index (χ0v) is 13.8. The van der Waals surface area contributed by atoms with Crippen LogP contribution in [-0.2, 0) is 19.2 Å². The molecule has 1 aliphatic heterocycles. The third kappa shape index (κ3) is 3.07. The normalized spacial score (nSPS) is 21.3. The molecule has 0 unspecified atom stereocenters. The lowest BCUT2D eigenvalue weighted by Crippen LogP contribution is -2.45. The Kier molecular flexibility index (Phi) is 4.32. The second-order valence-electron chi connectivity index (χ2n) is 6.22. The molecule has 7 heteroatoms. The number of likely N-dealkylation sites (tertiary alicyclic amines) is 1. The van der Waals surface area contributed by atoms with E-state index < -0.39 is 5.60 Å². The lowest BCUT2D eigenvalue weighted by molar-refractivity contribution is -0.0264. The molecule has 0 spiro atoms. The maximum atomic E-state index is 11.2. The largest absolute Gasteiger partial charge is 0.497 e. The number of rotatable bonds is 5. The molecule has 0 radical (unpaired) electrons. The number of aromatic nitrogens is 4. The van der Waals surface area contributed by atoms with Crippen LogP contribution < -0.4 is 4.74 Å². The van der Waals surface area contributed by atoms with Crippen LogP contribution in [0.2, 0.25) is 0 Å². The van der Waals surface area contributed by atoms with Gasteiger partial charge in [-0.25, -0.2) is 4.68 Å². The van der Waals surface area contributed by atoms with Gasteiger partial charge >= 0.3 is 0 Å². The van der Waals surface area contributed by atoms with Crippen LogP contribution in [0.25, 0.3) is 0 Å². The fourth-order valence-electron chi connectivity index (χ4n) is 3.34. The lowest BCUT2D eigenvalue weighted by Gasteiger charge is -2.36. The van der Waals surface area contributed by atoms with Crippen molar-refractivity contribution >= 4 is 0 Å². The van der Waals surface area contributed by atoms with Crippen LogP contribution in [0.1, 0.15) is 31.2 Å². The quantitative estimate of drug-likeness (QED) is 0.889. The SMILES string of the molecule is COc1ccc([C@](C)(O)[C@@H]2CCCN2Cc2nnnn2C)cc1. The van der Waals surface area contributed by atoms with E-state index >= 15 is 0 Å². The number of methoxy groups -OCH3 is 1. The van der Waals surface area contributed by atoms with Crippen LogP contribution in [0.4, 0.5) is 0 Å². The Morgan fingerprint density at radius 1 is 1.35 bits per heavy atom. The van der Waals surface area contributed by atoms with Gasteiger partial charge in [0.25, 0.3) is 0 Å². The van der Waals surface area contributed by atoms with Gasteiger partial charge in [0.2, 0.25) is 0 Å². The summed E-state index contributed by atoms with van der Waals surface area (Å²) < 4.78 is 6.87.